The molecule has 0 aromatic heterocycles. The van der Waals surface area contributed by atoms with Crippen LogP contribution < -0.4 is 20.9 Å². The number of hydrogen-bond acceptors (Lipinski definition) is 8. The molecule has 0 aliphatic heterocycles. The van der Waals surface area contributed by atoms with Crippen molar-refractivity contribution in [3.8, 4) is 16.9 Å². The summed E-state index contributed by atoms with van der Waals surface area (Å²) in [7, 11) is -3.70. The number of hydrogen-bond donors (Lipinski definition) is 4. The molecule has 242 valence electrons. The number of nitrogens with one attached hydrogen (secondary N) is 1. The molecule has 0 radical (unpaired) electrons. The van der Waals surface area contributed by atoms with Crippen LogP contribution in [-0.4, -0.2) is 44.0 Å². The van der Waals surface area contributed by atoms with Crippen molar-refractivity contribution in [3.05, 3.63) is 83.4 Å². The van der Waals surface area contributed by atoms with Gasteiger partial charge >= 0.3 is 6.09 Å². The zero-order valence-corrected chi connectivity index (χ0v) is 27.0. The van der Waals surface area contributed by atoms with Gasteiger partial charge in [0, 0.05) is 23.1 Å². The number of carbonyl (C=O) groups excluding carboxylic acids is 2. The molecule has 10 nitrogen and oxygen atoms in total. The molecule has 3 aromatic rings. The lowest BCUT2D eigenvalue weighted by molar-refractivity contribution is -0.116. The first-order valence-corrected chi connectivity index (χ1v) is 16.9. The van der Waals surface area contributed by atoms with Crippen molar-refractivity contribution in [2.75, 3.05) is 18.6 Å². The van der Waals surface area contributed by atoms with Crippen LogP contribution in [0.4, 0.5) is 10.5 Å². The van der Waals surface area contributed by atoms with E-state index in [1.54, 1.807) is 48.5 Å². The molecular weight excluding hydrogens is 594 g/mol. The number of ether oxygens (including phenoxy) is 2. The van der Waals surface area contributed by atoms with Gasteiger partial charge in [-0.15, -0.1) is 0 Å². The van der Waals surface area contributed by atoms with Crippen LogP contribution in [-0.2, 0) is 14.8 Å². The number of nitrogen functional groups attached to an aromatic ring is 1. The molecule has 3 aromatic carbocycles. The molecule has 6 N–H and O–H groups in total. The van der Waals surface area contributed by atoms with Gasteiger partial charge in [0.2, 0.25) is 10.0 Å². The zero-order chi connectivity index (χ0) is 33.0. The Kier molecular flexibility index (Phi) is 10.1. The maximum atomic E-state index is 12.8. The van der Waals surface area contributed by atoms with E-state index in [2.05, 4.69) is 4.72 Å². The van der Waals surface area contributed by atoms with E-state index in [0.717, 1.165) is 48.6 Å². The Morgan fingerprint density at radius 1 is 0.978 bits per heavy atom. The number of benzene rings is 3. The van der Waals surface area contributed by atoms with Gasteiger partial charge in [-0.3, -0.25) is 4.79 Å². The van der Waals surface area contributed by atoms with Gasteiger partial charge in [-0.05, 0) is 71.3 Å². The van der Waals surface area contributed by atoms with Crippen LogP contribution in [0.2, 0.25) is 0 Å². The molecule has 1 aliphatic carbocycles. The van der Waals surface area contributed by atoms with Crippen LogP contribution in [0.15, 0.2) is 66.7 Å². The number of primary amides is 1. The Balaban J connectivity index is 1.57. The Hall–Kier alpha value is -4.09. The molecule has 1 unspecified atom stereocenters. The molecule has 1 aliphatic rings. The van der Waals surface area contributed by atoms with Crippen LogP contribution in [0.3, 0.4) is 0 Å². The highest BCUT2D eigenvalue weighted by Gasteiger charge is 2.48. The van der Waals surface area contributed by atoms with Crippen molar-refractivity contribution >= 4 is 27.7 Å². The molecule has 0 heterocycles. The lowest BCUT2D eigenvalue weighted by atomic mass is 9.72. The number of carbonyl (C=O) groups is 2. The van der Waals surface area contributed by atoms with Gasteiger partial charge in [0.05, 0.1) is 12.4 Å². The fraction of sp³-hybridized carbons (Fsp3) is 0.412. The largest absolute Gasteiger partial charge is 0.489 e. The molecule has 1 saturated carbocycles. The summed E-state index contributed by atoms with van der Waals surface area (Å²) in [6, 6.07) is 19.6. The van der Waals surface area contributed by atoms with Gasteiger partial charge in [-0.1, -0.05) is 70.0 Å². The molecule has 2 amide bonds. The Bertz CT molecular complexity index is 1610. The van der Waals surface area contributed by atoms with Crippen LogP contribution in [0, 0.1) is 5.41 Å². The summed E-state index contributed by atoms with van der Waals surface area (Å²) in [5, 5.41) is 11.1. The summed E-state index contributed by atoms with van der Waals surface area (Å²) in [4.78, 5) is 24.9. The second kappa shape index (κ2) is 13.5. The lowest BCUT2D eigenvalue weighted by Gasteiger charge is -2.44. The highest BCUT2D eigenvalue weighted by Crippen LogP contribution is 2.42. The maximum Gasteiger partial charge on any atom is 0.405 e. The van der Waals surface area contributed by atoms with Crippen LogP contribution in [0.1, 0.15) is 86.4 Å². The third-order valence-corrected chi connectivity index (χ3v) is 9.09. The summed E-state index contributed by atoms with van der Waals surface area (Å²) >= 11 is 0. The third-order valence-electron chi connectivity index (χ3n) is 8.54. The minimum Gasteiger partial charge on any atom is -0.489 e. The predicted molar refractivity (Wildman–Crippen MR) is 174 cm³/mol. The zero-order valence-electron chi connectivity index (χ0n) is 26.2. The van der Waals surface area contributed by atoms with Crippen molar-refractivity contribution in [3.63, 3.8) is 0 Å². The molecule has 4 rings (SSSR count). The average Bonchev–Trinajstić information content (AvgIpc) is 3.49. The van der Waals surface area contributed by atoms with Crippen LogP contribution >= 0.6 is 0 Å². The van der Waals surface area contributed by atoms with E-state index in [9.17, 15) is 23.1 Å². The van der Waals surface area contributed by atoms with E-state index in [1.165, 1.54) is 0 Å². The van der Waals surface area contributed by atoms with Gasteiger partial charge in [0.1, 0.15) is 12.4 Å². The third kappa shape index (κ3) is 8.55. The van der Waals surface area contributed by atoms with Gasteiger partial charge < -0.3 is 26.0 Å². The number of anilines is 1. The van der Waals surface area contributed by atoms with E-state index >= 15 is 0 Å². The topological polar surface area (TPSA) is 171 Å². The van der Waals surface area contributed by atoms with Crippen LogP contribution in [0.25, 0.3) is 11.1 Å². The fourth-order valence-electron chi connectivity index (χ4n) is 5.84. The van der Waals surface area contributed by atoms with E-state index in [4.69, 9.17) is 20.9 Å². The molecule has 0 spiro atoms. The second-order valence-electron chi connectivity index (χ2n) is 12.9. The predicted octanol–water partition coefficient (Wildman–Crippen LogP) is 5.67. The molecule has 2 atom stereocenters. The van der Waals surface area contributed by atoms with Crippen molar-refractivity contribution in [2.24, 2.45) is 11.1 Å². The molecular formula is C34H43N3O7S. The van der Waals surface area contributed by atoms with E-state index < -0.39 is 39.1 Å². The molecule has 1 fully saturated rings. The maximum absolute atomic E-state index is 12.8. The summed E-state index contributed by atoms with van der Waals surface area (Å²) in [6.45, 7) is 5.60. The number of nitrogens with two attached hydrogens (primary N) is 2. The number of aliphatic hydroxyl groups is 1. The van der Waals surface area contributed by atoms with Crippen molar-refractivity contribution < 1.29 is 32.6 Å². The minimum absolute atomic E-state index is 0.0324. The molecule has 0 saturated heterocycles. The van der Waals surface area contributed by atoms with Gasteiger partial charge in [-0.25, -0.2) is 17.9 Å². The number of aliphatic hydroxyl groups excluding tert-OH is 1. The summed E-state index contributed by atoms with van der Waals surface area (Å²) in [5.74, 6) is 0.0616. The van der Waals surface area contributed by atoms with Gasteiger partial charge in [0.25, 0.3) is 5.91 Å². The Morgan fingerprint density at radius 3 is 2.13 bits per heavy atom. The summed E-state index contributed by atoms with van der Waals surface area (Å²) < 4.78 is 37.4. The number of rotatable bonds is 11. The smallest absolute Gasteiger partial charge is 0.405 e. The van der Waals surface area contributed by atoms with Gasteiger partial charge in [-0.2, -0.15) is 0 Å². The highest BCUT2D eigenvalue weighted by atomic mass is 32.2. The SMILES string of the molecule is CC(C)(C)C(COc1ccc(-c2ccc(C(=O)NS(C)(=O)=O)c(C3CCCC3)c2)cc1)(C[C@@H](O)c1ccc(N)cc1)OC(N)=O. The minimum atomic E-state index is -3.70. The Labute approximate surface area is 265 Å². The van der Waals surface area contributed by atoms with Gasteiger partial charge in [0.15, 0.2) is 5.60 Å². The summed E-state index contributed by atoms with van der Waals surface area (Å²) in [6.07, 6.45) is 3.03. The first-order valence-electron chi connectivity index (χ1n) is 15.0. The average molecular weight is 638 g/mol. The second-order valence-corrected chi connectivity index (χ2v) is 14.6. The molecule has 45 heavy (non-hydrogen) atoms. The van der Waals surface area contributed by atoms with Crippen LogP contribution in [0.5, 0.6) is 5.75 Å². The standard InChI is InChI=1S/C34H43N3O7S/c1-33(2,3)34(44-32(36)40,20-30(38)24-9-14-26(35)15-10-24)21-43-27-16-11-22(12-17-27)25-13-18-28(31(39)37-45(4,41)42)29(19-25)23-7-5-6-8-23/h9-19,23,30,38H,5-8,20-21,35H2,1-4H3,(H2,36,40)(H,37,39)/t30-,34?/m1/s1. The Morgan fingerprint density at radius 2 is 1.58 bits per heavy atom. The monoisotopic (exact) mass is 637 g/mol. The lowest BCUT2D eigenvalue weighted by Crippen LogP contribution is -2.53. The summed E-state index contributed by atoms with van der Waals surface area (Å²) in [5.41, 5.74) is 13.5. The van der Waals surface area contributed by atoms with E-state index in [1.807, 2.05) is 39.0 Å². The fourth-order valence-corrected chi connectivity index (χ4v) is 6.28. The molecule has 11 heteroatoms. The molecule has 0 bridgehead atoms. The van der Waals surface area contributed by atoms with E-state index in [0.29, 0.717) is 22.6 Å². The van der Waals surface area contributed by atoms with Crippen molar-refractivity contribution in [1.82, 2.24) is 4.72 Å². The van der Waals surface area contributed by atoms with Crippen molar-refractivity contribution in [1.29, 1.82) is 0 Å². The quantitative estimate of drug-likeness (QED) is 0.195. The number of sulfonamides is 1. The first kappa shape index (κ1) is 33.8. The van der Waals surface area contributed by atoms with Crippen molar-refractivity contribution in [2.45, 2.75) is 70.5 Å². The highest BCUT2D eigenvalue weighted by molar-refractivity contribution is 7.89. The number of amides is 2. The van der Waals surface area contributed by atoms with E-state index in [-0.39, 0.29) is 18.9 Å². The first-order chi connectivity index (χ1) is 21.1. The normalized spacial score (nSPS) is 16.0.